The van der Waals surface area contributed by atoms with Crippen molar-refractivity contribution < 1.29 is 4.79 Å². The van der Waals surface area contributed by atoms with E-state index in [2.05, 4.69) is 26.3 Å². The number of nitrogens with one attached hydrogen (secondary N) is 1. The van der Waals surface area contributed by atoms with Gasteiger partial charge in [-0.2, -0.15) is 5.26 Å². The van der Waals surface area contributed by atoms with Crippen molar-refractivity contribution in [3.8, 4) is 6.07 Å². The Bertz CT molecular complexity index is 1050. The standard InChI is InChI=1S/C22H21N5O/c1-15-6-7-21(24-14-15)26-22(28)16-8-10-27(11-9-16)20-12-17(13-23)25-19-5-3-2-4-18(19)20/h2-7,12,14,16H,8-11H2,1H3,(H,24,26,28). The number of nitriles is 1. The highest BCUT2D eigenvalue weighted by atomic mass is 16.1. The molecule has 6 nitrogen and oxygen atoms in total. The van der Waals surface area contributed by atoms with Crippen LogP contribution in [0.1, 0.15) is 24.1 Å². The molecule has 1 aliphatic heterocycles. The molecule has 28 heavy (non-hydrogen) atoms. The molecule has 3 aromatic rings. The Morgan fingerprint density at radius 1 is 1.21 bits per heavy atom. The van der Waals surface area contributed by atoms with E-state index >= 15 is 0 Å². The highest BCUT2D eigenvalue weighted by Gasteiger charge is 2.26. The molecule has 0 atom stereocenters. The normalized spacial score (nSPS) is 14.6. The van der Waals surface area contributed by atoms with E-state index in [0.29, 0.717) is 11.5 Å². The molecular weight excluding hydrogens is 350 g/mol. The van der Waals surface area contributed by atoms with Crippen LogP contribution in [0.25, 0.3) is 10.9 Å². The minimum Gasteiger partial charge on any atom is -0.371 e. The number of piperidine rings is 1. The van der Waals surface area contributed by atoms with Gasteiger partial charge < -0.3 is 10.2 Å². The Balaban J connectivity index is 1.47. The number of hydrogen-bond donors (Lipinski definition) is 1. The molecule has 0 saturated carbocycles. The average Bonchev–Trinajstić information content (AvgIpc) is 2.74. The zero-order valence-corrected chi connectivity index (χ0v) is 15.7. The van der Waals surface area contributed by atoms with E-state index in [1.165, 1.54) is 0 Å². The number of aryl methyl sites for hydroxylation is 1. The van der Waals surface area contributed by atoms with Crippen LogP contribution in [0, 0.1) is 24.2 Å². The monoisotopic (exact) mass is 371 g/mol. The summed E-state index contributed by atoms with van der Waals surface area (Å²) in [6.07, 6.45) is 3.27. The molecule has 3 heterocycles. The Morgan fingerprint density at radius 3 is 2.71 bits per heavy atom. The van der Waals surface area contributed by atoms with Crippen LogP contribution in [-0.2, 0) is 4.79 Å². The first-order chi connectivity index (χ1) is 13.6. The van der Waals surface area contributed by atoms with Crippen LogP contribution in [-0.4, -0.2) is 29.0 Å². The largest absolute Gasteiger partial charge is 0.371 e. The number of nitrogens with zero attached hydrogens (tertiary/aromatic N) is 4. The van der Waals surface area contributed by atoms with Crippen molar-refractivity contribution in [2.75, 3.05) is 23.3 Å². The maximum Gasteiger partial charge on any atom is 0.228 e. The number of benzene rings is 1. The third kappa shape index (κ3) is 3.65. The average molecular weight is 371 g/mol. The van der Waals surface area contributed by atoms with Gasteiger partial charge in [-0.15, -0.1) is 0 Å². The van der Waals surface area contributed by atoms with E-state index in [4.69, 9.17) is 0 Å². The van der Waals surface area contributed by atoms with Gasteiger partial charge in [0.05, 0.1) is 5.52 Å². The van der Waals surface area contributed by atoms with Gasteiger partial charge in [0, 0.05) is 36.3 Å². The summed E-state index contributed by atoms with van der Waals surface area (Å²) >= 11 is 0. The molecule has 1 N–H and O–H groups in total. The van der Waals surface area contributed by atoms with Gasteiger partial charge >= 0.3 is 0 Å². The lowest BCUT2D eigenvalue weighted by atomic mass is 9.95. The van der Waals surface area contributed by atoms with Crippen molar-refractivity contribution in [1.29, 1.82) is 5.26 Å². The third-order valence-corrected chi connectivity index (χ3v) is 5.18. The molecule has 1 fully saturated rings. The molecule has 1 aliphatic rings. The smallest absolute Gasteiger partial charge is 0.228 e. The first kappa shape index (κ1) is 17.9. The first-order valence-corrected chi connectivity index (χ1v) is 9.42. The van der Waals surface area contributed by atoms with E-state index in [9.17, 15) is 10.1 Å². The number of pyridine rings is 2. The molecular formula is C22H21N5O. The van der Waals surface area contributed by atoms with Crippen molar-refractivity contribution in [3.63, 3.8) is 0 Å². The number of fused-ring (bicyclic) bond motifs is 1. The van der Waals surface area contributed by atoms with Crippen LogP contribution in [0.15, 0.2) is 48.7 Å². The molecule has 1 aromatic carbocycles. The van der Waals surface area contributed by atoms with Crippen molar-refractivity contribution in [3.05, 3.63) is 59.9 Å². The fourth-order valence-electron chi connectivity index (χ4n) is 3.63. The number of amides is 1. The fourth-order valence-corrected chi connectivity index (χ4v) is 3.63. The van der Waals surface area contributed by atoms with Crippen molar-refractivity contribution in [1.82, 2.24) is 9.97 Å². The summed E-state index contributed by atoms with van der Waals surface area (Å²) in [5.41, 5.74) is 3.31. The molecule has 0 bridgehead atoms. The summed E-state index contributed by atoms with van der Waals surface area (Å²) in [5.74, 6) is 0.577. The van der Waals surface area contributed by atoms with Gasteiger partial charge in [0.25, 0.3) is 0 Å². The molecule has 0 spiro atoms. The van der Waals surface area contributed by atoms with Crippen molar-refractivity contribution >= 4 is 28.3 Å². The van der Waals surface area contributed by atoms with E-state index in [1.807, 2.05) is 49.4 Å². The number of carbonyl (C=O) groups excluding carboxylic acids is 1. The van der Waals surface area contributed by atoms with Gasteiger partial charge in [-0.05, 0) is 43.5 Å². The molecule has 2 aromatic heterocycles. The summed E-state index contributed by atoms with van der Waals surface area (Å²) < 4.78 is 0. The van der Waals surface area contributed by atoms with Gasteiger partial charge in [0.1, 0.15) is 17.6 Å². The lowest BCUT2D eigenvalue weighted by molar-refractivity contribution is -0.120. The topological polar surface area (TPSA) is 81.9 Å². The zero-order chi connectivity index (χ0) is 19.5. The Kier molecular flexibility index (Phi) is 4.90. The lowest BCUT2D eigenvalue weighted by Gasteiger charge is -2.33. The van der Waals surface area contributed by atoms with Gasteiger partial charge in [0.2, 0.25) is 5.91 Å². The second kappa shape index (κ2) is 7.65. The molecule has 140 valence electrons. The molecule has 0 unspecified atom stereocenters. The van der Waals surface area contributed by atoms with Crippen molar-refractivity contribution in [2.24, 2.45) is 5.92 Å². The van der Waals surface area contributed by atoms with Crippen LogP contribution in [0.5, 0.6) is 0 Å². The predicted octanol–water partition coefficient (Wildman–Crippen LogP) is 3.67. The number of hydrogen-bond acceptors (Lipinski definition) is 5. The van der Waals surface area contributed by atoms with Gasteiger partial charge in [-0.3, -0.25) is 4.79 Å². The van der Waals surface area contributed by atoms with Crippen molar-refractivity contribution in [2.45, 2.75) is 19.8 Å². The number of carbonyl (C=O) groups is 1. The van der Waals surface area contributed by atoms with Crippen LogP contribution in [0.4, 0.5) is 11.5 Å². The van der Waals surface area contributed by atoms with E-state index in [1.54, 1.807) is 6.20 Å². The molecule has 0 radical (unpaired) electrons. The minimum atomic E-state index is -0.0390. The Labute approximate surface area is 163 Å². The van der Waals surface area contributed by atoms with Gasteiger partial charge in [0.15, 0.2) is 0 Å². The quantitative estimate of drug-likeness (QED) is 0.760. The van der Waals surface area contributed by atoms with E-state index in [-0.39, 0.29) is 11.8 Å². The van der Waals surface area contributed by atoms with Gasteiger partial charge in [-0.1, -0.05) is 24.3 Å². The zero-order valence-electron chi connectivity index (χ0n) is 15.7. The minimum absolute atomic E-state index is 0.0216. The maximum absolute atomic E-state index is 12.6. The second-order valence-electron chi connectivity index (χ2n) is 7.13. The number of anilines is 2. The first-order valence-electron chi connectivity index (χ1n) is 9.42. The number of para-hydroxylation sites is 1. The van der Waals surface area contributed by atoms with E-state index in [0.717, 1.165) is 48.1 Å². The summed E-state index contributed by atoms with van der Waals surface area (Å²) in [7, 11) is 0. The van der Waals surface area contributed by atoms with E-state index < -0.39 is 0 Å². The molecule has 4 rings (SSSR count). The maximum atomic E-state index is 12.6. The van der Waals surface area contributed by atoms with Crippen LogP contribution >= 0.6 is 0 Å². The van der Waals surface area contributed by atoms with Crippen LogP contribution in [0.2, 0.25) is 0 Å². The Hall–Kier alpha value is -3.46. The van der Waals surface area contributed by atoms with Crippen LogP contribution in [0.3, 0.4) is 0 Å². The molecule has 1 amide bonds. The number of aromatic nitrogens is 2. The summed E-state index contributed by atoms with van der Waals surface area (Å²) in [4.78, 5) is 23.5. The molecule has 1 saturated heterocycles. The molecule has 6 heteroatoms. The summed E-state index contributed by atoms with van der Waals surface area (Å²) in [6.45, 7) is 3.49. The second-order valence-corrected chi connectivity index (χ2v) is 7.13. The highest BCUT2D eigenvalue weighted by molar-refractivity contribution is 5.93. The predicted molar refractivity (Wildman–Crippen MR) is 109 cm³/mol. The third-order valence-electron chi connectivity index (χ3n) is 5.18. The highest BCUT2D eigenvalue weighted by Crippen LogP contribution is 2.30. The summed E-state index contributed by atoms with van der Waals surface area (Å²) in [5, 5.41) is 13.3. The fraction of sp³-hybridized carbons (Fsp3) is 0.273. The summed E-state index contributed by atoms with van der Waals surface area (Å²) in [6, 6.07) is 15.6. The SMILES string of the molecule is Cc1ccc(NC(=O)C2CCN(c3cc(C#N)nc4ccccc34)CC2)nc1. The molecule has 0 aliphatic carbocycles. The Morgan fingerprint density at radius 2 is 2.00 bits per heavy atom. The van der Waals surface area contributed by atoms with Crippen LogP contribution < -0.4 is 10.2 Å². The number of rotatable bonds is 3. The lowest BCUT2D eigenvalue weighted by Crippen LogP contribution is -2.38. The van der Waals surface area contributed by atoms with Gasteiger partial charge in [-0.25, -0.2) is 9.97 Å².